The molecule has 8 nitrogen and oxygen atoms in total. The first-order chi connectivity index (χ1) is 15.3. The Labute approximate surface area is 186 Å². The first-order valence-electron chi connectivity index (χ1n) is 10.3. The van der Waals surface area contributed by atoms with Crippen LogP contribution in [0.5, 0.6) is 5.75 Å². The largest absolute Gasteiger partial charge is 0.482 e. The summed E-state index contributed by atoms with van der Waals surface area (Å²) in [6.07, 6.45) is 1.22. The highest BCUT2D eigenvalue weighted by molar-refractivity contribution is 6.48. The van der Waals surface area contributed by atoms with Crippen molar-refractivity contribution in [3.63, 3.8) is 0 Å². The number of ether oxygens (including phenoxy) is 1. The van der Waals surface area contributed by atoms with Gasteiger partial charge in [-0.05, 0) is 45.0 Å². The Balaban J connectivity index is 2.35. The second-order valence-corrected chi connectivity index (χ2v) is 7.44. The third-order valence-electron chi connectivity index (χ3n) is 5.18. The number of pyridine rings is 1. The van der Waals surface area contributed by atoms with E-state index in [4.69, 9.17) is 21.3 Å². The summed E-state index contributed by atoms with van der Waals surface area (Å²) in [6, 6.07) is 5.98. The number of anilines is 1. The van der Waals surface area contributed by atoms with E-state index in [9.17, 15) is 4.39 Å². The minimum absolute atomic E-state index is 0.120. The molecule has 0 saturated heterocycles. The van der Waals surface area contributed by atoms with E-state index in [1.165, 1.54) is 12.1 Å². The van der Waals surface area contributed by atoms with Gasteiger partial charge in [-0.1, -0.05) is 0 Å². The standard InChI is InChI=1S/C23H28FN7O/c1-5-29-22-14-8-20(23(27)30-11-14)32-13(3)18-9-15(24)6-7-16(18)21(26)19(31-28-4)10-17(22)12(2)25/h6-9,11,13,25-26,28-29H,5,10H2,1-4H3,(H2,27,30)/b22-17-,25-12?,26-21?,31-19-/t13-/m1/s1. The van der Waals surface area contributed by atoms with E-state index in [1.807, 2.05) is 6.92 Å². The minimum atomic E-state index is -0.605. The van der Waals surface area contributed by atoms with E-state index in [-0.39, 0.29) is 18.0 Å². The maximum atomic E-state index is 14.1. The average Bonchev–Trinajstić information content (AvgIpc) is 2.75. The number of hydrogen-bond acceptors (Lipinski definition) is 8. The zero-order chi connectivity index (χ0) is 23.4. The molecule has 0 unspecified atom stereocenters. The van der Waals surface area contributed by atoms with Gasteiger partial charge in [-0.25, -0.2) is 9.37 Å². The fourth-order valence-electron chi connectivity index (χ4n) is 3.65. The first kappa shape index (κ1) is 22.9. The van der Waals surface area contributed by atoms with Crippen molar-refractivity contribution in [1.82, 2.24) is 15.7 Å². The van der Waals surface area contributed by atoms with Crippen LogP contribution in [-0.4, -0.2) is 35.7 Å². The second-order valence-electron chi connectivity index (χ2n) is 7.44. The molecule has 1 aliphatic rings. The van der Waals surface area contributed by atoms with Gasteiger partial charge >= 0.3 is 0 Å². The second kappa shape index (κ2) is 9.59. The van der Waals surface area contributed by atoms with Crippen LogP contribution in [0.25, 0.3) is 5.70 Å². The van der Waals surface area contributed by atoms with Crippen molar-refractivity contribution in [3.8, 4) is 5.75 Å². The van der Waals surface area contributed by atoms with Crippen molar-refractivity contribution in [2.45, 2.75) is 33.3 Å². The van der Waals surface area contributed by atoms with Gasteiger partial charge in [0.2, 0.25) is 0 Å². The number of rotatable bonds is 4. The van der Waals surface area contributed by atoms with Gasteiger partial charge in [0.1, 0.15) is 11.9 Å². The number of allylic oxidation sites excluding steroid dienone is 1. The molecule has 0 saturated carbocycles. The Bertz CT molecular complexity index is 1120. The zero-order valence-electron chi connectivity index (χ0n) is 18.6. The summed E-state index contributed by atoms with van der Waals surface area (Å²) < 4.78 is 20.2. The number of halogens is 1. The highest BCUT2D eigenvalue weighted by atomic mass is 19.1. The van der Waals surface area contributed by atoms with Crippen LogP contribution in [0, 0.1) is 16.6 Å². The Hall–Kier alpha value is -3.75. The molecule has 0 amide bonds. The topological polar surface area (TPSA) is 132 Å². The van der Waals surface area contributed by atoms with Gasteiger partial charge in [0.05, 0.1) is 11.4 Å². The monoisotopic (exact) mass is 437 g/mol. The summed E-state index contributed by atoms with van der Waals surface area (Å²) in [6.45, 7) is 6.03. The van der Waals surface area contributed by atoms with Gasteiger partial charge < -0.3 is 26.6 Å². The molecule has 0 spiro atoms. The van der Waals surface area contributed by atoms with Gasteiger partial charge in [0.15, 0.2) is 11.6 Å². The smallest absolute Gasteiger partial charge is 0.166 e. The molecular formula is C23H28FN7O. The zero-order valence-corrected chi connectivity index (χ0v) is 18.6. The molecule has 1 aliphatic heterocycles. The van der Waals surface area contributed by atoms with Crippen molar-refractivity contribution in [1.29, 1.82) is 10.8 Å². The van der Waals surface area contributed by atoms with Gasteiger partial charge in [-0.2, -0.15) is 5.10 Å². The number of aromatic nitrogens is 1. The lowest BCUT2D eigenvalue weighted by molar-refractivity contribution is 0.227. The van der Waals surface area contributed by atoms with Gasteiger partial charge in [0, 0.05) is 59.9 Å². The van der Waals surface area contributed by atoms with Gasteiger partial charge in [-0.15, -0.1) is 0 Å². The molecule has 1 aromatic carbocycles. The SMILES string of the molecule is CCN/C1=C(\C(C)=N)C/C(=N/NC)C(=N)c2ccc(F)cc2[C@@H](C)Oc2cc1cnc2N. The first-order valence-corrected chi connectivity index (χ1v) is 10.3. The maximum Gasteiger partial charge on any atom is 0.166 e. The predicted molar refractivity (Wildman–Crippen MR) is 126 cm³/mol. The Morgan fingerprint density at radius 2 is 2.12 bits per heavy atom. The Morgan fingerprint density at radius 3 is 2.78 bits per heavy atom. The van der Waals surface area contributed by atoms with Crippen LogP contribution in [0.4, 0.5) is 10.2 Å². The number of hydrazone groups is 1. The van der Waals surface area contributed by atoms with E-state index in [0.29, 0.717) is 51.7 Å². The third kappa shape index (κ3) is 4.61. The third-order valence-corrected chi connectivity index (χ3v) is 5.18. The molecule has 32 heavy (non-hydrogen) atoms. The van der Waals surface area contributed by atoms with Crippen LogP contribution in [0.1, 0.15) is 50.0 Å². The summed E-state index contributed by atoms with van der Waals surface area (Å²) in [5, 5.41) is 24.9. The Kier molecular flexibility index (Phi) is 6.87. The molecule has 9 heteroatoms. The molecule has 0 fully saturated rings. The molecule has 3 rings (SSSR count). The highest BCUT2D eigenvalue weighted by Crippen LogP contribution is 2.32. The molecule has 0 radical (unpaired) electrons. The molecule has 2 heterocycles. The fourth-order valence-corrected chi connectivity index (χ4v) is 3.65. The summed E-state index contributed by atoms with van der Waals surface area (Å²) in [4.78, 5) is 4.28. The highest BCUT2D eigenvalue weighted by Gasteiger charge is 2.24. The number of nitrogens with zero attached hydrogens (tertiary/aromatic N) is 2. The predicted octanol–water partition coefficient (Wildman–Crippen LogP) is 3.65. The lowest BCUT2D eigenvalue weighted by atomic mass is 9.91. The normalized spacial score (nSPS) is 20.0. The van der Waals surface area contributed by atoms with E-state index < -0.39 is 11.9 Å². The summed E-state index contributed by atoms with van der Waals surface area (Å²) in [7, 11) is 1.65. The van der Waals surface area contributed by atoms with Crippen LogP contribution in [-0.2, 0) is 0 Å². The molecule has 1 atom stereocenters. The van der Waals surface area contributed by atoms with Crippen molar-refractivity contribution in [2.24, 2.45) is 5.10 Å². The number of benzene rings is 1. The van der Waals surface area contributed by atoms with Crippen LogP contribution in [0.3, 0.4) is 0 Å². The quantitative estimate of drug-likeness (QED) is 0.368. The number of nitrogen functional groups attached to an aromatic ring is 1. The number of nitrogens with one attached hydrogen (secondary N) is 4. The lowest BCUT2D eigenvalue weighted by Gasteiger charge is -2.23. The van der Waals surface area contributed by atoms with Crippen molar-refractivity contribution in [3.05, 3.63) is 58.5 Å². The Morgan fingerprint density at radius 1 is 1.38 bits per heavy atom. The van der Waals surface area contributed by atoms with Gasteiger partial charge in [0.25, 0.3) is 0 Å². The summed E-state index contributed by atoms with van der Waals surface area (Å²) in [5.41, 5.74) is 12.7. The molecule has 168 valence electrons. The molecular weight excluding hydrogens is 409 g/mol. The van der Waals surface area contributed by atoms with Crippen LogP contribution < -0.4 is 21.2 Å². The van der Waals surface area contributed by atoms with Crippen molar-refractivity contribution < 1.29 is 9.13 Å². The van der Waals surface area contributed by atoms with Gasteiger partial charge in [-0.3, -0.25) is 5.41 Å². The average molecular weight is 438 g/mol. The molecule has 1 aromatic heterocycles. The van der Waals surface area contributed by atoms with Crippen LogP contribution in [0.15, 0.2) is 41.1 Å². The van der Waals surface area contributed by atoms with Crippen molar-refractivity contribution in [2.75, 3.05) is 19.3 Å². The van der Waals surface area contributed by atoms with E-state index in [2.05, 4.69) is 20.8 Å². The maximum absolute atomic E-state index is 14.1. The fraction of sp³-hybridized carbons (Fsp3) is 0.304. The van der Waals surface area contributed by atoms with Crippen molar-refractivity contribution >= 4 is 28.6 Å². The van der Waals surface area contributed by atoms with E-state index in [1.54, 1.807) is 39.2 Å². The van der Waals surface area contributed by atoms with E-state index >= 15 is 0 Å². The number of nitrogens with two attached hydrogens (primary N) is 1. The molecule has 6 N–H and O–H groups in total. The van der Waals surface area contributed by atoms with Crippen LogP contribution in [0.2, 0.25) is 0 Å². The summed E-state index contributed by atoms with van der Waals surface area (Å²) in [5.74, 6) is 0.113. The number of fused-ring (bicyclic) bond motifs is 3. The molecule has 2 aromatic rings. The molecule has 2 bridgehead atoms. The minimum Gasteiger partial charge on any atom is -0.482 e. The molecule has 0 aliphatic carbocycles. The van der Waals surface area contributed by atoms with E-state index in [0.717, 1.165) is 0 Å². The summed E-state index contributed by atoms with van der Waals surface area (Å²) >= 11 is 0. The lowest BCUT2D eigenvalue weighted by Crippen LogP contribution is -2.25. The number of hydrogen-bond donors (Lipinski definition) is 5. The van der Waals surface area contributed by atoms with Crippen LogP contribution >= 0.6 is 0 Å².